The average Bonchev–Trinajstić information content (AvgIpc) is 3.22. The zero-order valence-corrected chi connectivity index (χ0v) is 19.0. The Balaban J connectivity index is 1.51. The van der Waals surface area contributed by atoms with E-state index in [0.717, 1.165) is 24.8 Å². The highest BCUT2D eigenvalue weighted by atomic mass is 16.5. The van der Waals surface area contributed by atoms with Gasteiger partial charge in [-0.25, -0.2) is 4.79 Å². The molecule has 174 valence electrons. The normalized spacial score (nSPS) is 15.4. The number of nitrogens with zero attached hydrogens (tertiary/aromatic N) is 1. The van der Waals surface area contributed by atoms with Gasteiger partial charge in [0.2, 0.25) is 5.91 Å². The van der Waals surface area contributed by atoms with Crippen LogP contribution in [0.15, 0.2) is 48.5 Å². The molecule has 0 N–H and O–H groups in total. The van der Waals surface area contributed by atoms with E-state index < -0.39 is 17.9 Å². The number of rotatable bonds is 10. The van der Waals surface area contributed by atoms with E-state index in [0.29, 0.717) is 23.4 Å². The molecule has 0 unspecified atom stereocenters. The summed E-state index contributed by atoms with van der Waals surface area (Å²) in [5.74, 6) is -2.12. The van der Waals surface area contributed by atoms with Gasteiger partial charge in [-0.1, -0.05) is 49.6 Å². The number of carbonyl (C=O) groups is 4. The van der Waals surface area contributed by atoms with E-state index in [-0.39, 0.29) is 31.3 Å². The number of hydrogen-bond donors (Lipinski definition) is 0. The maximum Gasteiger partial charge on any atom is 0.338 e. The van der Waals surface area contributed by atoms with Gasteiger partial charge in [-0.05, 0) is 37.6 Å². The fourth-order valence-electron chi connectivity index (χ4n) is 3.57. The molecule has 2 aromatic rings. The highest BCUT2D eigenvalue weighted by Crippen LogP contribution is 2.26. The van der Waals surface area contributed by atoms with Gasteiger partial charge >= 0.3 is 11.9 Å². The molecule has 1 atom stereocenters. The molecule has 0 radical (unpaired) electrons. The molecule has 1 aliphatic rings. The van der Waals surface area contributed by atoms with Crippen LogP contribution in [-0.2, 0) is 19.1 Å². The zero-order valence-electron chi connectivity index (χ0n) is 19.0. The van der Waals surface area contributed by atoms with E-state index in [9.17, 15) is 19.2 Å². The first kappa shape index (κ1) is 24.2. The van der Waals surface area contributed by atoms with E-state index in [4.69, 9.17) is 9.47 Å². The van der Waals surface area contributed by atoms with Crippen molar-refractivity contribution in [1.29, 1.82) is 0 Å². The maximum atomic E-state index is 12.5. The fourth-order valence-corrected chi connectivity index (χ4v) is 3.57. The highest BCUT2D eigenvalue weighted by Gasteiger charge is 2.36. The second-order valence-electron chi connectivity index (χ2n) is 8.19. The number of aryl methyl sites for hydroxylation is 1. The Morgan fingerprint density at radius 2 is 1.61 bits per heavy atom. The monoisotopic (exact) mass is 451 g/mol. The van der Waals surface area contributed by atoms with Crippen molar-refractivity contribution in [2.45, 2.75) is 39.5 Å². The SMILES string of the molecule is CCCCCOC(=O)c1ccc(N2C[C@H](C(=O)OCC(=O)c3ccc(C)cc3)CC2=O)cc1. The van der Waals surface area contributed by atoms with Crippen molar-refractivity contribution in [1.82, 2.24) is 0 Å². The third-order valence-electron chi connectivity index (χ3n) is 5.57. The number of anilines is 1. The second-order valence-corrected chi connectivity index (χ2v) is 8.19. The fraction of sp³-hybridized carbons (Fsp3) is 0.385. The van der Waals surface area contributed by atoms with Crippen molar-refractivity contribution in [3.05, 3.63) is 65.2 Å². The van der Waals surface area contributed by atoms with Crippen LogP contribution < -0.4 is 4.90 Å². The van der Waals surface area contributed by atoms with Gasteiger partial charge in [-0.2, -0.15) is 0 Å². The van der Waals surface area contributed by atoms with Crippen LogP contribution >= 0.6 is 0 Å². The lowest BCUT2D eigenvalue weighted by Gasteiger charge is -2.17. The predicted octanol–water partition coefficient (Wildman–Crippen LogP) is 4.12. The van der Waals surface area contributed by atoms with Crippen molar-refractivity contribution in [2.24, 2.45) is 5.92 Å². The summed E-state index contributed by atoms with van der Waals surface area (Å²) >= 11 is 0. The van der Waals surface area contributed by atoms with E-state index in [1.807, 2.05) is 19.1 Å². The van der Waals surface area contributed by atoms with Crippen LogP contribution in [0.25, 0.3) is 0 Å². The molecule has 1 amide bonds. The molecule has 0 aliphatic carbocycles. The van der Waals surface area contributed by atoms with Crippen LogP contribution in [0.2, 0.25) is 0 Å². The number of Topliss-reactive ketones (excluding diaryl/α,β-unsaturated/α-hetero) is 1. The number of amides is 1. The van der Waals surface area contributed by atoms with Gasteiger partial charge in [0.05, 0.1) is 18.1 Å². The van der Waals surface area contributed by atoms with Gasteiger partial charge in [0, 0.05) is 24.2 Å². The first-order valence-electron chi connectivity index (χ1n) is 11.2. The summed E-state index contributed by atoms with van der Waals surface area (Å²) in [4.78, 5) is 50.7. The molecule has 0 saturated carbocycles. The number of esters is 2. The molecule has 1 aliphatic heterocycles. The Hall–Kier alpha value is -3.48. The van der Waals surface area contributed by atoms with E-state index in [2.05, 4.69) is 6.92 Å². The topological polar surface area (TPSA) is 90.0 Å². The number of benzene rings is 2. The highest BCUT2D eigenvalue weighted by molar-refractivity contribution is 6.01. The molecule has 3 rings (SSSR count). The molecule has 0 aromatic heterocycles. The third-order valence-corrected chi connectivity index (χ3v) is 5.57. The number of carbonyl (C=O) groups excluding carboxylic acids is 4. The van der Waals surface area contributed by atoms with Gasteiger partial charge in [0.25, 0.3) is 0 Å². The van der Waals surface area contributed by atoms with Gasteiger partial charge < -0.3 is 14.4 Å². The lowest BCUT2D eigenvalue weighted by atomic mass is 10.1. The summed E-state index contributed by atoms with van der Waals surface area (Å²) < 4.78 is 10.4. The minimum atomic E-state index is -0.647. The molecule has 7 nitrogen and oxygen atoms in total. The molecule has 1 saturated heterocycles. The summed E-state index contributed by atoms with van der Waals surface area (Å²) in [5, 5.41) is 0. The summed E-state index contributed by atoms with van der Waals surface area (Å²) in [6.07, 6.45) is 2.90. The van der Waals surface area contributed by atoms with Crippen LogP contribution in [0.1, 0.15) is 58.9 Å². The molecular weight excluding hydrogens is 422 g/mol. The Labute approximate surface area is 193 Å². The van der Waals surface area contributed by atoms with E-state index in [1.54, 1.807) is 36.4 Å². The molecular formula is C26H29NO6. The van der Waals surface area contributed by atoms with Gasteiger partial charge in [-0.15, -0.1) is 0 Å². The molecule has 1 heterocycles. The quantitative estimate of drug-likeness (QED) is 0.307. The third kappa shape index (κ3) is 6.51. The van der Waals surface area contributed by atoms with E-state index in [1.165, 1.54) is 4.90 Å². The second kappa shape index (κ2) is 11.4. The first-order valence-corrected chi connectivity index (χ1v) is 11.2. The summed E-state index contributed by atoms with van der Waals surface area (Å²) in [6.45, 7) is 4.19. The standard InChI is InChI=1S/C26H29NO6/c1-3-4-5-14-32-25(30)20-10-12-22(13-11-20)27-16-21(15-24(27)29)26(31)33-17-23(28)19-8-6-18(2)7-9-19/h6-13,21H,3-5,14-17H2,1-2H3/t21-/m1/s1. The number of unbranched alkanes of at least 4 members (excludes halogenated alkanes) is 2. The number of ketones is 1. The Morgan fingerprint density at radius 1 is 0.939 bits per heavy atom. The van der Waals surface area contributed by atoms with Crippen molar-refractivity contribution >= 4 is 29.3 Å². The molecule has 0 bridgehead atoms. The maximum absolute atomic E-state index is 12.5. The molecule has 2 aromatic carbocycles. The summed E-state index contributed by atoms with van der Waals surface area (Å²) in [5.41, 5.74) is 2.51. The molecule has 33 heavy (non-hydrogen) atoms. The lowest BCUT2D eigenvalue weighted by molar-refractivity contribution is -0.147. The summed E-state index contributed by atoms with van der Waals surface area (Å²) in [6, 6.07) is 13.6. The minimum absolute atomic E-state index is 0.0127. The smallest absolute Gasteiger partial charge is 0.338 e. The van der Waals surface area contributed by atoms with Crippen molar-refractivity contribution in [3.63, 3.8) is 0 Å². The van der Waals surface area contributed by atoms with Crippen LogP contribution in [0, 0.1) is 12.8 Å². The first-order chi connectivity index (χ1) is 15.9. The van der Waals surface area contributed by atoms with Crippen molar-refractivity contribution in [2.75, 3.05) is 24.7 Å². The van der Waals surface area contributed by atoms with Gasteiger partial charge in [-0.3, -0.25) is 14.4 Å². The van der Waals surface area contributed by atoms with Crippen LogP contribution in [0.5, 0.6) is 0 Å². The number of hydrogen-bond acceptors (Lipinski definition) is 6. The molecule has 7 heteroatoms. The Bertz CT molecular complexity index is 996. The van der Waals surface area contributed by atoms with Crippen LogP contribution in [-0.4, -0.2) is 43.4 Å². The van der Waals surface area contributed by atoms with Crippen LogP contribution in [0.4, 0.5) is 5.69 Å². The van der Waals surface area contributed by atoms with Gasteiger partial charge in [0.15, 0.2) is 12.4 Å². The molecule has 0 spiro atoms. The van der Waals surface area contributed by atoms with Crippen LogP contribution in [0.3, 0.4) is 0 Å². The van der Waals surface area contributed by atoms with Crippen molar-refractivity contribution in [3.8, 4) is 0 Å². The van der Waals surface area contributed by atoms with Gasteiger partial charge in [0.1, 0.15) is 0 Å². The lowest BCUT2D eigenvalue weighted by Crippen LogP contribution is -2.27. The van der Waals surface area contributed by atoms with Crippen molar-refractivity contribution < 1.29 is 28.7 Å². The zero-order chi connectivity index (χ0) is 23.8. The average molecular weight is 452 g/mol. The molecule has 1 fully saturated rings. The summed E-state index contributed by atoms with van der Waals surface area (Å²) in [7, 11) is 0. The predicted molar refractivity (Wildman–Crippen MR) is 123 cm³/mol. The van der Waals surface area contributed by atoms with E-state index >= 15 is 0 Å². The largest absolute Gasteiger partial charge is 0.462 e. The minimum Gasteiger partial charge on any atom is -0.462 e. The number of ether oxygens (including phenoxy) is 2. The Morgan fingerprint density at radius 3 is 2.27 bits per heavy atom. The Kier molecular flexibility index (Phi) is 8.35.